The second-order valence-electron chi connectivity index (χ2n) is 5.32. The predicted octanol–water partition coefficient (Wildman–Crippen LogP) is 2.75. The molecule has 1 fully saturated rings. The van der Waals surface area contributed by atoms with Gasteiger partial charge in [0.1, 0.15) is 0 Å². The lowest BCUT2D eigenvalue weighted by Gasteiger charge is -2.30. The van der Waals surface area contributed by atoms with Crippen LogP contribution in [0.25, 0.3) is 0 Å². The fourth-order valence-corrected chi connectivity index (χ4v) is 3.07. The first-order valence-corrected chi connectivity index (χ1v) is 7.76. The normalized spacial score (nSPS) is 16.9. The van der Waals surface area contributed by atoms with Crippen molar-refractivity contribution in [3.05, 3.63) is 29.8 Å². The molecule has 0 atom stereocenters. The SMILES string of the molecule is CC(C)Sc1ccc(C(=O)N2CCC(N)CC2)cc1. The minimum absolute atomic E-state index is 0.132. The second-order valence-corrected chi connectivity index (χ2v) is 6.97. The van der Waals surface area contributed by atoms with Crippen LogP contribution in [0.3, 0.4) is 0 Å². The van der Waals surface area contributed by atoms with E-state index in [2.05, 4.69) is 13.8 Å². The average Bonchev–Trinajstić information content (AvgIpc) is 2.39. The minimum Gasteiger partial charge on any atom is -0.339 e. The molecule has 0 unspecified atom stereocenters. The summed E-state index contributed by atoms with van der Waals surface area (Å²) in [5.74, 6) is 0.132. The van der Waals surface area contributed by atoms with Gasteiger partial charge < -0.3 is 10.6 Å². The zero-order valence-electron chi connectivity index (χ0n) is 11.6. The summed E-state index contributed by atoms with van der Waals surface area (Å²) in [6, 6.07) is 8.19. The molecule has 104 valence electrons. The van der Waals surface area contributed by atoms with Crippen LogP contribution in [0, 0.1) is 0 Å². The number of nitrogens with two attached hydrogens (primary N) is 1. The largest absolute Gasteiger partial charge is 0.339 e. The van der Waals surface area contributed by atoms with Gasteiger partial charge in [-0.15, -0.1) is 11.8 Å². The summed E-state index contributed by atoms with van der Waals surface area (Å²) in [5, 5.41) is 0.560. The number of rotatable bonds is 3. The van der Waals surface area contributed by atoms with Crippen LogP contribution >= 0.6 is 11.8 Å². The number of carbonyl (C=O) groups excluding carboxylic acids is 1. The summed E-state index contributed by atoms with van der Waals surface area (Å²) in [5.41, 5.74) is 6.64. The third kappa shape index (κ3) is 3.98. The number of likely N-dealkylation sites (tertiary alicyclic amines) is 1. The van der Waals surface area contributed by atoms with Gasteiger partial charge in [0.2, 0.25) is 0 Å². The van der Waals surface area contributed by atoms with Gasteiger partial charge in [-0.1, -0.05) is 13.8 Å². The van der Waals surface area contributed by atoms with Crippen molar-refractivity contribution in [1.29, 1.82) is 0 Å². The molecule has 1 aromatic carbocycles. The number of amides is 1. The van der Waals surface area contributed by atoms with Crippen LogP contribution in [0.2, 0.25) is 0 Å². The maximum atomic E-state index is 12.3. The standard InChI is InChI=1S/C15H22N2OS/c1-11(2)19-14-5-3-12(4-6-14)15(18)17-9-7-13(16)8-10-17/h3-6,11,13H,7-10,16H2,1-2H3. The molecule has 0 bridgehead atoms. The Hall–Kier alpha value is -1.00. The molecule has 1 aliphatic rings. The van der Waals surface area contributed by atoms with Gasteiger partial charge in [0.15, 0.2) is 0 Å². The molecule has 2 N–H and O–H groups in total. The summed E-state index contributed by atoms with van der Waals surface area (Å²) in [7, 11) is 0. The Bertz CT molecular complexity index is 422. The van der Waals surface area contributed by atoms with Crippen LogP contribution in [-0.4, -0.2) is 35.2 Å². The number of nitrogens with zero attached hydrogens (tertiary/aromatic N) is 1. The Morgan fingerprint density at radius 2 is 1.84 bits per heavy atom. The first kappa shape index (κ1) is 14.4. The zero-order valence-corrected chi connectivity index (χ0v) is 12.5. The van der Waals surface area contributed by atoms with E-state index >= 15 is 0 Å². The molecule has 19 heavy (non-hydrogen) atoms. The molecule has 4 heteroatoms. The molecule has 2 rings (SSSR count). The number of benzene rings is 1. The van der Waals surface area contributed by atoms with E-state index in [9.17, 15) is 4.79 Å². The second kappa shape index (κ2) is 6.44. The molecule has 1 amide bonds. The van der Waals surface area contributed by atoms with Gasteiger partial charge in [-0.3, -0.25) is 4.79 Å². The molecule has 1 aromatic rings. The molecule has 0 radical (unpaired) electrons. The zero-order chi connectivity index (χ0) is 13.8. The summed E-state index contributed by atoms with van der Waals surface area (Å²) in [4.78, 5) is 15.4. The highest BCUT2D eigenvalue weighted by molar-refractivity contribution is 7.99. The summed E-state index contributed by atoms with van der Waals surface area (Å²) < 4.78 is 0. The Balaban J connectivity index is 1.99. The van der Waals surface area contributed by atoms with Crippen molar-refractivity contribution in [1.82, 2.24) is 4.90 Å². The van der Waals surface area contributed by atoms with Crippen molar-refractivity contribution in [3.63, 3.8) is 0 Å². The highest BCUT2D eigenvalue weighted by atomic mass is 32.2. The number of piperidine rings is 1. The van der Waals surface area contributed by atoms with E-state index < -0.39 is 0 Å². The first-order chi connectivity index (χ1) is 9.06. The topological polar surface area (TPSA) is 46.3 Å². The Morgan fingerprint density at radius 1 is 1.26 bits per heavy atom. The molecule has 3 nitrogen and oxygen atoms in total. The van der Waals surface area contributed by atoms with Crippen molar-refractivity contribution < 1.29 is 4.79 Å². The summed E-state index contributed by atoms with van der Waals surface area (Å²) in [6.45, 7) is 5.90. The molecular formula is C15H22N2OS. The Labute approximate surface area is 119 Å². The predicted molar refractivity (Wildman–Crippen MR) is 80.5 cm³/mol. The lowest BCUT2D eigenvalue weighted by molar-refractivity contribution is 0.0714. The molecule has 0 aliphatic carbocycles. The molecule has 1 heterocycles. The fraction of sp³-hybridized carbons (Fsp3) is 0.533. The highest BCUT2D eigenvalue weighted by Gasteiger charge is 2.21. The van der Waals surface area contributed by atoms with E-state index in [4.69, 9.17) is 5.73 Å². The van der Waals surface area contributed by atoms with E-state index in [1.807, 2.05) is 40.9 Å². The molecule has 0 aromatic heterocycles. The molecule has 1 saturated heterocycles. The van der Waals surface area contributed by atoms with Crippen molar-refractivity contribution in [2.75, 3.05) is 13.1 Å². The average molecular weight is 278 g/mol. The van der Waals surface area contributed by atoms with Crippen molar-refractivity contribution in [2.45, 2.75) is 42.9 Å². The van der Waals surface area contributed by atoms with Crippen LogP contribution in [-0.2, 0) is 0 Å². The minimum atomic E-state index is 0.132. The van der Waals surface area contributed by atoms with E-state index in [1.165, 1.54) is 4.90 Å². The van der Waals surface area contributed by atoms with Gasteiger partial charge in [0, 0.05) is 34.8 Å². The molecule has 0 spiro atoms. The lowest BCUT2D eigenvalue weighted by atomic mass is 10.1. The van der Waals surface area contributed by atoms with Gasteiger partial charge >= 0.3 is 0 Å². The number of hydrogen-bond donors (Lipinski definition) is 1. The molecular weight excluding hydrogens is 256 g/mol. The summed E-state index contributed by atoms with van der Waals surface area (Å²) in [6.07, 6.45) is 1.82. The number of carbonyl (C=O) groups is 1. The fourth-order valence-electron chi connectivity index (χ4n) is 2.23. The Kier molecular flexibility index (Phi) is 4.88. The van der Waals surface area contributed by atoms with E-state index in [1.54, 1.807) is 0 Å². The van der Waals surface area contributed by atoms with Gasteiger partial charge in [-0.2, -0.15) is 0 Å². The first-order valence-electron chi connectivity index (χ1n) is 6.88. The third-order valence-electron chi connectivity index (χ3n) is 3.30. The third-order valence-corrected chi connectivity index (χ3v) is 4.32. The van der Waals surface area contributed by atoms with E-state index in [0.717, 1.165) is 31.5 Å². The van der Waals surface area contributed by atoms with Crippen LogP contribution in [0.4, 0.5) is 0 Å². The quantitative estimate of drug-likeness (QED) is 0.865. The van der Waals surface area contributed by atoms with Crippen molar-refractivity contribution in [3.8, 4) is 0 Å². The lowest BCUT2D eigenvalue weighted by Crippen LogP contribution is -2.42. The summed E-state index contributed by atoms with van der Waals surface area (Å²) >= 11 is 1.81. The van der Waals surface area contributed by atoms with Crippen LogP contribution < -0.4 is 5.73 Å². The van der Waals surface area contributed by atoms with Crippen LogP contribution in [0.1, 0.15) is 37.0 Å². The van der Waals surface area contributed by atoms with E-state index in [-0.39, 0.29) is 11.9 Å². The maximum absolute atomic E-state index is 12.3. The van der Waals surface area contributed by atoms with Gasteiger partial charge in [0.05, 0.1) is 0 Å². The monoisotopic (exact) mass is 278 g/mol. The van der Waals surface area contributed by atoms with Gasteiger partial charge in [-0.25, -0.2) is 0 Å². The van der Waals surface area contributed by atoms with Crippen LogP contribution in [0.15, 0.2) is 29.2 Å². The van der Waals surface area contributed by atoms with Crippen molar-refractivity contribution >= 4 is 17.7 Å². The Morgan fingerprint density at radius 3 is 2.37 bits per heavy atom. The number of thioether (sulfide) groups is 1. The highest BCUT2D eigenvalue weighted by Crippen LogP contribution is 2.23. The van der Waals surface area contributed by atoms with Crippen molar-refractivity contribution in [2.24, 2.45) is 5.73 Å². The number of hydrogen-bond acceptors (Lipinski definition) is 3. The van der Waals surface area contributed by atoms with Gasteiger partial charge in [-0.05, 0) is 37.1 Å². The van der Waals surface area contributed by atoms with Gasteiger partial charge in [0.25, 0.3) is 5.91 Å². The van der Waals surface area contributed by atoms with Crippen LogP contribution in [0.5, 0.6) is 0 Å². The van der Waals surface area contributed by atoms with E-state index in [0.29, 0.717) is 5.25 Å². The maximum Gasteiger partial charge on any atom is 0.253 e. The molecule has 1 aliphatic heterocycles. The molecule has 0 saturated carbocycles. The smallest absolute Gasteiger partial charge is 0.253 e.